The normalized spacial score (nSPS) is 12.3. The van der Waals surface area contributed by atoms with E-state index in [0.29, 0.717) is 12.8 Å². The molecule has 5 heteroatoms. The lowest BCUT2D eigenvalue weighted by Gasteiger charge is -2.14. The number of pyridine rings is 1. The molecule has 3 rings (SSSR count). The van der Waals surface area contributed by atoms with Gasteiger partial charge in [0.05, 0.1) is 0 Å². The van der Waals surface area contributed by atoms with E-state index in [0.717, 1.165) is 45.9 Å². The molecule has 0 N–H and O–H groups in total. The van der Waals surface area contributed by atoms with Gasteiger partial charge in [0.1, 0.15) is 17.4 Å². The zero-order valence-electron chi connectivity index (χ0n) is 16.7. The molecule has 1 atom stereocenters. The number of aromatic nitrogens is 3. The van der Waals surface area contributed by atoms with Crippen LogP contribution in [0.25, 0.3) is 16.9 Å². The monoisotopic (exact) mass is 365 g/mol. The van der Waals surface area contributed by atoms with Crippen molar-refractivity contribution in [3.63, 3.8) is 0 Å². The van der Waals surface area contributed by atoms with E-state index in [1.807, 2.05) is 20.8 Å². The van der Waals surface area contributed by atoms with Crippen molar-refractivity contribution >= 4 is 17.1 Å². The summed E-state index contributed by atoms with van der Waals surface area (Å²) < 4.78 is 7.50. The molecular weight excluding hydrogens is 338 g/mol. The molecule has 1 aromatic carbocycles. The Hall–Kier alpha value is -2.69. The van der Waals surface area contributed by atoms with Crippen LogP contribution in [0.2, 0.25) is 0 Å². The maximum atomic E-state index is 11.4. The fraction of sp³-hybridized carbons (Fsp3) is 0.409. The van der Waals surface area contributed by atoms with Crippen molar-refractivity contribution in [1.29, 1.82) is 0 Å². The Morgan fingerprint density at radius 1 is 1.15 bits per heavy atom. The van der Waals surface area contributed by atoms with Gasteiger partial charge in [-0.2, -0.15) is 0 Å². The van der Waals surface area contributed by atoms with Crippen molar-refractivity contribution in [1.82, 2.24) is 14.5 Å². The summed E-state index contributed by atoms with van der Waals surface area (Å²) in [5, 5.41) is 0. The molecule has 0 amide bonds. The summed E-state index contributed by atoms with van der Waals surface area (Å²) in [5.74, 6) is 0.845. The highest BCUT2D eigenvalue weighted by Gasteiger charge is 2.15. The SMILES string of the molecule is CCC(=O)O[C@@H](C)Cc1ccc(-n2c(CC)nc3c(C)cc(C)nc32)cc1. The van der Waals surface area contributed by atoms with E-state index >= 15 is 0 Å². The molecule has 0 aliphatic heterocycles. The summed E-state index contributed by atoms with van der Waals surface area (Å²) in [5.41, 5.74) is 6.19. The zero-order chi connectivity index (χ0) is 19.6. The summed E-state index contributed by atoms with van der Waals surface area (Å²) in [7, 11) is 0. The van der Waals surface area contributed by atoms with Crippen LogP contribution in [-0.2, 0) is 22.4 Å². The van der Waals surface area contributed by atoms with Crippen LogP contribution in [0.5, 0.6) is 0 Å². The van der Waals surface area contributed by atoms with Crippen molar-refractivity contribution in [3.05, 3.63) is 53.0 Å². The summed E-state index contributed by atoms with van der Waals surface area (Å²) in [6, 6.07) is 10.4. The predicted molar refractivity (Wildman–Crippen MR) is 107 cm³/mol. The number of carbonyl (C=O) groups is 1. The van der Waals surface area contributed by atoms with Crippen LogP contribution in [0, 0.1) is 13.8 Å². The Morgan fingerprint density at radius 2 is 1.85 bits per heavy atom. The average Bonchev–Trinajstić information content (AvgIpc) is 3.01. The third-order valence-corrected chi connectivity index (χ3v) is 4.66. The van der Waals surface area contributed by atoms with Gasteiger partial charge >= 0.3 is 5.97 Å². The van der Waals surface area contributed by atoms with Crippen LogP contribution < -0.4 is 0 Å². The van der Waals surface area contributed by atoms with Crippen LogP contribution in [0.4, 0.5) is 0 Å². The minimum absolute atomic E-state index is 0.129. The van der Waals surface area contributed by atoms with E-state index in [1.165, 1.54) is 0 Å². The van der Waals surface area contributed by atoms with Crippen molar-refractivity contribution in [2.24, 2.45) is 0 Å². The second-order valence-electron chi connectivity index (χ2n) is 6.99. The number of esters is 1. The molecule has 0 fully saturated rings. The topological polar surface area (TPSA) is 57.0 Å². The second-order valence-corrected chi connectivity index (χ2v) is 6.99. The number of imidazole rings is 1. The maximum Gasteiger partial charge on any atom is 0.305 e. The Balaban J connectivity index is 1.92. The first-order chi connectivity index (χ1) is 12.9. The van der Waals surface area contributed by atoms with Crippen LogP contribution in [0.3, 0.4) is 0 Å². The van der Waals surface area contributed by atoms with Gasteiger partial charge in [-0.3, -0.25) is 9.36 Å². The zero-order valence-corrected chi connectivity index (χ0v) is 16.7. The lowest BCUT2D eigenvalue weighted by molar-refractivity contribution is -0.147. The number of fused-ring (bicyclic) bond motifs is 1. The van der Waals surface area contributed by atoms with Crippen molar-refractivity contribution in [2.75, 3.05) is 0 Å². The Bertz CT molecular complexity index is 958. The average molecular weight is 365 g/mol. The molecule has 0 aliphatic carbocycles. The van der Waals surface area contributed by atoms with E-state index in [2.05, 4.69) is 48.7 Å². The van der Waals surface area contributed by atoms with E-state index in [1.54, 1.807) is 0 Å². The lowest BCUT2D eigenvalue weighted by Crippen LogP contribution is -2.16. The van der Waals surface area contributed by atoms with E-state index in [-0.39, 0.29) is 12.1 Å². The number of benzene rings is 1. The largest absolute Gasteiger partial charge is 0.462 e. The molecule has 0 bridgehead atoms. The predicted octanol–water partition coefficient (Wildman–Crippen LogP) is 4.48. The van der Waals surface area contributed by atoms with Crippen molar-refractivity contribution < 1.29 is 9.53 Å². The quantitative estimate of drug-likeness (QED) is 0.604. The molecule has 0 unspecified atom stereocenters. The number of carbonyl (C=O) groups excluding carboxylic acids is 1. The molecule has 27 heavy (non-hydrogen) atoms. The van der Waals surface area contributed by atoms with E-state index in [4.69, 9.17) is 14.7 Å². The number of ether oxygens (including phenoxy) is 1. The molecule has 2 aromatic heterocycles. The number of rotatable bonds is 6. The second kappa shape index (κ2) is 7.91. The molecule has 2 heterocycles. The summed E-state index contributed by atoms with van der Waals surface area (Å²) in [4.78, 5) is 21.0. The first-order valence-electron chi connectivity index (χ1n) is 9.57. The van der Waals surface area contributed by atoms with Crippen molar-refractivity contribution in [2.45, 2.75) is 60.0 Å². The van der Waals surface area contributed by atoms with Gasteiger partial charge in [0.2, 0.25) is 0 Å². The van der Waals surface area contributed by atoms with Crippen LogP contribution in [-0.4, -0.2) is 26.6 Å². The third kappa shape index (κ3) is 4.02. The highest BCUT2D eigenvalue weighted by molar-refractivity contribution is 5.78. The van der Waals surface area contributed by atoms with Crippen molar-refractivity contribution in [3.8, 4) is 5.69 Å². The van der Waals surface area contributed by atoms with Gasteiger partial charge in [-0.1, -0.05) is 26.0 Å². The molecule has 5 nitrogen and oxygen atoms in total. The number of hydrogen-bond acceptors (Lipinski definition) is 4. The van der Waals surface area contributed by atoms with Gasteiger partial charge in [0, 0.05) is 30.6 Å². The van der Waals surface area contributed by atoms with Gasteiger partial charge in [-0.25, -0.2) is 9.97 Å². The number of hydrogen-bond donors (Lipinski definition) is 0. The highest BCUT2D eigenvalue weighted by Crippen LogP contribution is 2.24. The van der Waals surface area contributed by atoms with Gasteiger partial charge in [-0.15, -0.1) is 0 Å². The lowest BCUT2D eigenvalue weighted by atomic mass is 10.1. The van der Waals surface area contributed by atoms with E-state index in [9.17, 15) is 4.79 Å². The van der Waals surface area contributed by atoms with Gasteiger partial charge in [0.15, 0.2) is 5.65 Å². The van der Waals surface area contributed by atoms with E-state index < -0.39 is 0 Å². The van der Waals surface area contributed by atoms with Crippen LogP contribution in [0.15, 0.2) is 30.3 Å². The highest BCUT2D eigenvalue weighted by atomic mass is 16.5. The Morgan fingerprint density at radius 3 is 2.48 bits per heavy atom. The van der Waals surface area contributed by atoms with Gasteiger partial charge < -0.3 is 4.74 Å². The summed E-state index contributed by atoms with van der Waals surface area (Å²) in [6.07, 6.45) is 1.81. The maximum absolute atomic E-state index is 11.4. The first kappa shape index (κ1) is 19.1. The summed E-state index contributed by atoms with van der Waals surface area (Å²) in [6.45, 7) is 9.93. The van der Waals surface area contributed by atoms with Gasteiger partial charge in [-0.05, 0) is 50.1 Å². The molecule has 0 radical (unpaired) electrons. The molecule has 3 aromatic rings. The molecule has 0 spiro atoms. The molecule has 0 saturated carbocycles. The van der Waals surface area contributed by atoms with Gasteiger partial charge in [0.25, 0.3) is 0 Å². The molecule has 142 valence electrons. The molecular formula is C22H27N3O2. The summed E-state index contributed by atoms with van der Waals surface area (Å²) >= 11 is 0. The molecule has 0 saturated heterocycles. The molecule has 0 aliphatic rings. The number of nitrogens with zero attached hydrogens (tertiary/aromatic N) is 3. The van der Waals surface area contributed by atoms with Crippen LogP contribution in [0.1, 0.15) is 49.8 Å². The third-order valence-electron chi connectivity index (χ3n) is 4.66. The number of aryl methyl sites for hydroxylation is 3. The fourth-order valence-corrected chi connectivity index (χ4v) is 3.38. The smallest absolute Gasteiger partial charge is 0.305 e. The Kier molecular flexibility index (Phi) is 5.59. The first-order valence-corrected chi connectivity index (χ1v) is 9.57. The minimum atomic E-state index is -0.159. The van der Waals surface area contributed by atoms with Crippen LogP contribution >= 0.6 is 0 Å². The minimum Gasteiger partial charge on any atom is -0.462 e. The standard InChI is InChI=1S/C22H27N3O2/c1-6-19-24-21-14(3)12-15(4)23-22(21)25(19)18-10-8-17(9-11-18)13-16(5)27-20(26)7-2/h8-12,16H,6-7,13H2,1-5H3/t16-/m0/s1. The fourth-order valence-electron chi connectivity index (χ4n) is 3.38. The Labute approximate surface area is 160 Å².